The fraction of sp³-hybridized carbons (Fsp3) is 0.238. The van der Waals surface area contributed by atoms with Gasteiger partial charge < -0.3 is 18.9 Å². The lowest BCUT2D eigenvalue weighted by atomic mass is 10.1. The van der Waals surface area contributed by atoms with Crippen molar-refractivity contribution >= 4 is 5.91 Å². The fourth-order valence-electron chi connectivity index (χ4n) is 3.08. The molecule has 0 N–H and O–H groups in total. The van der Waals surface area contributed by atoms with Gasteiger partial charge in [-0.2, -0.15) is 0 Å². The lowest BCUT2D eigenvalue weighted by Gasteiger charge is -2.24. The average molecular weight is 364 g/mol. The van der Waals surface area contributed by atoms with Crippen LogP contribution in [-0.4, -0.2) is 29.2 Å². The number of fused-ring (bicyclic) bond motifs is 1. The predicted molar refractivity (Wildman–Crippen MR) is 98.7 cm³/mol. The Bertz CT molecular complexity index is 936. The van der Waals surface area contributed by atoms with E-state index in [-0.39, 0.29) is 5.91 Å². The van der Waals surface area contributed by atoms with Crippen LogP contribution in [0.15, 0.2) is 59.3 Å². The van der Waals surface area contributed by atoms with Crippen molar-refractivity contribution in [2.24, 2.45) is 0 Å². The summed E-state index contributed by atoms with van der Waals surface area (Å²) in [4.78, 5) is 14.9. The lowest BCUT2D eigenvalue weighted by molar-refractivity contribution is 0.0728. The summed E-state index contributed by atoms with van der Waals surface area (Å²) in [6.07, 6.45) is 1.40. The van der Waals surface area contributed by atoms with Crippen molar-refractivity contribution in [2.45, 2.75) is 20.0 Å². The van der Waals surface area contributed by atoms with Gasteiger partial charge in [-0.1, -0.05) is 41.6 Å². The molecule has 1 aliphatic rings. The maximum Gasteiger partial charge on any atom is 0.259 e. The third-order valence-corrected chi connectivity index (χ3v) is 4.46. The van der Waals surface area contributed by atoms with Crippen molar-refractivity contribution in [2.75, 3.05) is 13.2 Å². The molecule has 6 heteroatoms. The minimum absolute atomic E-state index is 0.118. The molecule has 4 rings (SSSR count). The number of aromatic nitrogens is 1. The molecule has 2 aromatic carbocycles. The van der Waals surface area contributed by atoms with Crippen molar-refractivity contribution < 1.29 is 18.8 Å². The zero-order valence-electron chi connectivity index (χ0n) is 15.1. The van der Waals surface area contributed by atoms with Gasteiger partial charge in [0.05, 0.1) is 5.69 Å². The van der Waals surface area contributed by atoms with Gasteiger partial charge in [0.15, 0.2) is 11.5 Å². The molecule has 2 heterocycles. The smallest absolute Gasteiger partial charge is 0.259 e. The summed E-state index contributed by atoms with van der Waals surface area (Å²) in [5, 5.41) is 3.83. The van der Waals surface area contributed by atoms with Gasteiger partial charge in [0.1, 0.15) is 25.0 Å². The zero-order chi connectivity index (χ0) is 18.6. The van der Waals surface area contributed by atoms with Crippen LogP contribution in [0.2, 0.25) is 0 Å². The van der Waals surface area contributed by atoms with E-state index in [0.29, 0.717) is 43.3 Å². The van der Waals surface area contributed by atoms with E-state index < -0.39 is 0 Å². The summed E-state index contributed by atoms with van der Waals surface area (Å²) in [6.45, 7) is 3.77. The van der Waals surface area contributed by atoms with Gasteiger partial charge in [0.2, 0.25) is 0 Å². The third-order valence-electron chi connectivity index (χ3n) is 4.46. The minimum atomic E-state index is -0.118. The largest absolute Gasteiger partial charge is 0.486 e. The molecule has 1 aromatic heterocycles. The Morgan fingerprint density at radius 3 is 2.48 bits per heavy atom. The van der Waals surface area contributed by atoms with Crippen LogP contribution < -0.4 is 9.47 Å². The molecule has 0 fully saturated rings. The molecule has 1 aliphatic heterocycles. The summed E-state index contributed by atoms with van der Waals surface area (Å²) in [6, 6.07) is 15.7. The van der Waals surface area contributed by atoms with Crippen LogP contribution in [0.3, 0.4) is 0 Å². The summed E-state index contributed by atoms with van der Waals surface area (Å²) in [7, 11) is 0. The van der Waals surface area contributed by atoms with E-state index in [1.54, 1.807) is 11.8 Å². The number of hydrogen-bond acceptors (Lipinski definition) is 5. The number of rotatable bonds is 5. The Labute approximate surface area is 157 Å². The van der Waals surface area contributed by atoms with Crippen LogP contribution in [0.5, 0.6) is 11.5 Å². The van der Waals surface area contributed by atoms with Crippen LogP contribution in [-0.2, 0) is 13.1 Å². The van der Waals surface area contributed by atoms with Gasteiger partial charge in [-0.25, -0.2) is 0 Å². The molecule has 27 heavy (non-hydrogen) atoms. The Balaban J connectivity index is 1.61. The summed E-state index contributed by atoms with van der Waals surface area (Å²) in [5.41, 5.74) is 3.08. The molecule has 1 amide bonds. The van der Waals surface area contributed by atoms with Crippen LogP contribution in [0, 0.1) is 6.92 Å². The second kappa shape index (κ2) is 7.53. The van der Waals surface area contributed by atoms with Gasteiger partial charge in [-0.15, -0.1) is 0 Å². The molecule has 0 saturated heterocycles. The number of ether oxygens (including phenoxy) is 2. The number of amides is 1. The monoisotopic (exact) mass is 364 g/mol. The van der Waals surface area contributed by atoms with E-state index in [2.05, 4.69) is 5.16 Å². The normalized spacial score (nSPS) is 12.6. The van der Waals surface area contributed by atoms with E-state index in [1.807, 2.05) is 48.5 Å². The quantitative estimate of drug-likeness (QED) is 0.692. The second-order valence-electron chi connectivity index (χ2n) is 6.44. The molecular weight excluding hydrogens is 344 g/mol. The standard InChI is InChI=1S/C21H20N2O4/c1-15-18(14-27-22-15)21(24)23(12-16-5-3-2-4-6-16)13-17-7-8-19-20(11-17)26-10-9-25-19/h2-8,11,14H,9-10,12-13H2,1H3. The molecule has 0 unspecified atom stereocenters. The van der Waals surface area contributed by atoms with Crippen molar-refractivity contribution in [3.8, 4) is 11.5 Å². The van der Waals surface area contributed by atoms with E-state index >= 15 is 0 Å². The number of hydrogen-bond donors (Lipinski definition) is 0. The maximum atomic E-state index is 13.1. The van der Waals surface area contributed by atoms with Gasteiger partial charge in [0, 0.05) is 13.1 Å². The first-order chi connectivity index (χ1) is 13.2. The number of carbonyl (C=O) groups is 1. The number of benzene rings is 2. The van der Waals surface area contributed by atoms with Crippen molar-refractivity contribution in [3.63, 3.8) is 0 Å². The predicted octanol–water partition coefficient (Wildman–Crippen LogP) is 3.60. The van der Waals surface area contributed by atoms with Crippen LogP contribution >= 0.6 is 0 Å². The molecule has 3 aromatic rings. The second-order valence-corrected chi connectivity index (χ2v) is 6.44. The summed E-state index contributed by atoms with van der Waals surface area (Å²) in [5.74, 6) is 1.33. The Morgan fingerprint density at radius 2 is 1.74 bits per heavy atom. The molecule has 0 atom stereocenters. The zero-order valence-corrected chi connectivity index (χ0v) is 15.1. The number of nitrogens with zero attached hydrogens (tertiary/aromatic N) is 2. The SMILES string of the molecule is Cc1nocc1C(=O)N(Cc1ccccc1)Cc1ccc2c(c1)OCCO2. The molecular formula is C21H20N2O4. The third kappa shape index (κ3) is 3.79. The first kappa shape index (κ1) is 17.1. The van der Waals surface area contributed by atoms with E-state index in [4.69, 9.17) is 14.0 Å². The fourth-order valence-corrected chi connectivity index (χ4v) is 3.08. The maximum absolute atomic E-state index is 13.1. The molecule has 0 aliphatic carbocycles. The van der Waals surface area contributed by atoms with E-state index in [1.165, 1.54) is 6.26 Å². The van der Waals surface area contributed by atoms with Crippen molar-refractivity contribution in [3.05, 3.63) is 77.2 Å². The van der Waals surface area contributed by atoms with Gasteiger partial charge in [-0.05, 0) is 30.2 Å². The first-order valence-electron chi connectivity index (χ1n) is 8.83. The summed E-state index contributed by atoms with van der Waals surface area (Å²) < 4.78 is 16.2. The van der Waals surface area contributed by atoms with E-state index in [9.17, 15) is 4.79 Å². The number of carbonyl (C=O) groups excluding carboxylic acids is 1. The van der Waals surface area contributed by atoms with Crippen molar-refractivity contribution in [1.82, 2.24) is 10.1 Å². The summed E-state index contributed by atoms with van der Waals surface area (Å²) >= 11 is 0. The highest BCUT2D eigenvalue weighted by atomic mass is 16.6. The molecule has 138 valence electrons. The minimum Gasteiger partial charge on any atom is -0.486 e. The topological polar surface area (TPSA) is 64.8 Å². The highest BCUT2D eigenvalue weighted by Gasteiger charge is 2.22. The van der Waals surface area contributed by atoms with Gasteiger partial charge >= 0.3 is 0 Å². The highest BCUT2D eigenvalue weighted by Crippen LogP contribution is 2.31. The first-order valence-corrected chi connectivity index (χ1v) is 8.83. The highest BCUT2D eigenvalue weighted by molar-refractivity contribution is 5.94. The van der Waals surface area contributed by atoms with Crippen LogP contribution in [0.25, 0.3) is 0 Å². The van der Waals surface area contributed by atoms with E-state index in [0.717, 1.165) is 16.9 Å². The lowest BCUT2D eigenvalue weighted by Crippen LogP contribution is -2.30. The van der Waals surface area contributed by atoms with Crippen LogP contribution in [0.4, 0.5) is 0 Å². The van der Waals surface area contributed by atoms with Gasteiger partial charge in [0.25, 0.3) is 5.91 Å². The molecule has 6 nitrogen and oxygen atoms in total. The average Bonchev–Trinajstić information content (AvgIpc) is 3.13. The molecule has 0 bridgehead atoms. The van der Waals surface area contributed by atoms with Crippen LogP contribution in [0.1, 0.15) is 27.2 Å². The Kier molecular flexibility index (Phi) is 4.78. The molecule has 0 radical (unpaired) electrons. The molecule has 0 spiro atoms. The molecule has 0 saturated carbocycles. The van der Waals surface area contributed by atoms with Gasteiger partial charge in [-0.3, -0.25) is 4.79 Å². The van der Waals surface area contributed by atoms with Crippen molar-refractivity contribution in [1.29, 1.82) is 0 Å². The Hall–Kier alpha value is -3.28. The Morgan fingerprint density at radius 1 is 1.00 bits per heavy atom. The number of aryl methyl sites for hydroxylation is 1.